The zero-order valence-corrected chi connectivity index (χ0v) is 32.4. The summed E-state index contributed by atoms with van der Waals surface area (Å²) < 4.78 is 57.7. The highest BCUT2D eigenvalue weighted by molar-refractivity contribution is 6.30. The van der Waals surface area contributed by atoms with Crippen molar-refractivity contribution >= 4 is 23.4 Å². The number of pyridine rings is 1. The Kier molecular flexibility index (Phi) is 11.5. The van der Waals surface area contributed by atoms with Gasteiger partial charge in [0.2, 0.25) is 11.8 Å². The number of aliphatic hydroxyl groups excluding tert-OH is 2. The number of halogens is 4. The lowest BCUT2D eigenvalue weighted by molar-refractivity contribution is -0.144. The van der Waals surface area contributed by atoms with Crippen LogP contribution < -0.4 is 15.4 Å². The Hall–Kier alpha value is -5.26. The lowest BCUT2D eigenvalue weighted by Gasteiger charge is -2.41. The third kappa shape index (κ3) is 9.16. The van der Waals surface area contributed by atoms with Gasteiger partial charge < -0.3 is 34.4 Å². The molecule has 6 atom stereocenters. The summed E-state index contributed by atoms with van der Waals surface area (Å²) in [5.74, 6) is 0.643. The fraction of sp³-hybridized carbons (Fsp3) is 0.381. The number of ether oxygens (including phenoxy) is 1. The van der Waals surface area contributed by atoms with E-state index in [2.05, 4.69) is 15.3 Å². The summed E-state index contributed by atoms with van der Waals surface area (Å²) in [4.78, 5) is 40.1. The number of fused-ring (bicyclic) bond motifs is 1. The van der Waals surface area contributed by atoms with Gasteiger partial charge in [0.25, 0.3) is 0 Å². The maximum atomic E-state index is 14.5. The molecule has 310 valence electrons. The number of benzene rings is 2. The standard InChI is InChI=1S/C42H42ClF3N6O7/c43-27-9-7-25(8-10-27)34-12-11-29(58-34)21-51-14-15-52(32(22-51)38(55)49-24-42(44,45)46)20-28(53)16-41(17-31(41)39-48-19-36(59-39)26-4-3-13-47-18-26)40(56)50-37-30-5-1-2-6-35(30)57-23-33(37)54/h1-13,18-19,28,31-33,37,53-54H,14-17,20-24H2,(H,49,55)(H,50,56)/t28?,31-,32-,33+,37-,41?/m0/s1. The maximum absolute atomic E-state index is 14.5. The lowest BCUT2D eigenvalue weighted by atomic mass is 9.91. The van der Waals surface area contributed by atoms with Crippen LogP contribution in [0.3, 0.4) is 0 Å². The molecule has 2 unspecified atom stereocenters. The van der Waals surface area contributed by atoms with Gasteiger partial charge in [-0.25, -0.2) is 4.98 Å². The molecule has 2 aromatic carbocycles. The summed E-state index contributed by atoms with van der Waals surface area (Å²) in [5, 5.41) is 28.4. The molecule has 1 saturated heterocycles. The Morgan fingerprint density at radius 2 is 1.80 bits per heavy atom. The SMILES string of the molecule is O=C(NCC(F)(F)F)[C@@H]1CN(Cc2ccc(-c3ccc(Cl)cc3)o2)CCN1CC(O)CC1(C(=O)N[C@H]2c3ccccc3OC[C@H]2O)C[C@H]1c1ncc(-c2cccnc2)o1. The van der Waals surface area contributed by atoms with Crippen LogP contribution >= 0.6 is 11.6 Å². The van der Waals surface area contributed by atoms with Crippen molar-refractivity contribution in [3.63, 3.8) is 0 Å². The predicted octanol–water partition coefficient (Wildman–Crippen LogP) is 5.35. The molecule has 1 aliphatic carbocycles. The second kappa shape index (κ2) is 16.8. The van der Waals surface area contributed by atoms with E-state index >= 15 is 0 Å². The van der Waals surface area contributed by atoms with Crippen LogP contribution in [0.25, 0.3) is 22.6 Å². The molecule has 59 heavy (non-hydrogen) atoms. The number of aliphatic hydroxyl groups is 2. The van der Waals surface area contributed by atoms with E-state index in [1.54, 1.807) is 72.0 Å². The fourth-order valence-corrected chi connectivity index (χ4v) is 8.22. The van der Waals surface area contributed by atoms with Gasteiger partial charge in [0.15, 0.2) is 11.7 Å². The van der Waals surface area contributed by atoms with Gasteiger partial charge in [-0.1, -0.05) is 29.8 Å². The third-order valence-electron chi connectivity index (χ3n) is 11.2. The second-order valence-electron chi connectivity index (χ2n) is 15.3. The summed E-state index contributed by atoms with van der Waals surface area (Å²) in [7, 11) is 0. The van der Waals surface area contributed by atoms with Crippen LogP contribution in [-0.2, 0) is 16.1 Å². The highest BCUT2D eigenvalue weighted by Gasteiger charge is 2.64. The number of alkyl halides is 3. The molecule has 0 spiro atoms. The van der Waals surface area contributed by atoms with Crippen molar-refractivity contribution < 1.29 is 46.5 Å². The smallest absolute Gasteiger partial charge is 0.405 e. The zero-order valence-electron chi connectivity index (χ0n) is 31.6. The molecule has 0 bridgehead atoms. The number of carbonyl (C=O) groups excluding carboxylic acids is 2. The molecule has 13 nitrogen and oxygen atoms in total. The summed E-state index contributed by atoms with van der Waals surface area (Å²) in [6.45, 7) is -0.681. The number of β-amino-alcohol motifs (C(OH)–C–C–N with tert-alkyl or cyclic N) is 1. The quantitative estimate of drug-likeness (QED) is 0.121. The maximum Gasteiger partial charge on any atom is 0.405 e. The molecule has 2 amide bonds. The molecule has 5 heterocycles. The minimum Gasteiger partial charge on any atom is -0.490 e. The first-order valence-corrected chi connectivity index (χ1v) is 19.6. The van der Waals surface area contributed by atoms with Gasteiger partial charge in [0, 0.05) is 60.3 Å². The molecule has 0 radical (unpaired) electrons. The topological polar surface area (TPSA) is 166 Å². The number of hydrogen-bond acceptors (Lipinski definition) is 11. The number of rotatable bonds is 13. The first-order chi connectivity index (χ1) is 28.3. The summed E-state index contributed by atoms with van der Waals surface area (Å²) >= 11 is 6.03. The van der Waals surface area contributed by atoms with Gasteiger partial charge in [0.05, 0.1) is 36.2 Å². The summed E-state index contributed by atoms with van der Waals surface area (Å²) in [6.07, 6.45) is -1.92. The van der Waals surface area contributed by atoms with Gasteiger partial charge in [-0.2, -0.15) is 13.2 Å². The molecule has 2 aliphatic heterocycles. The van der Waals surface area contributed by atoms with E-state index in [0.717, 1.165) is 5.56 Å². The van der Waals surface area contributed by atoms with Crippen LogP contribution in [0.2, 0.25) is 5.02 Å². The summed E-state index contributed by atoms with van der Waals surface area (Å²) in [6, 6.07) is 19.6. The number of amides is 2. The molecule has 3 aromatic heterocycles. The van der Waals surface area contributed by atoms with Crippen LogP contribution in [0.1, 0.15) is 42.0 Å². The normalized spacial score (nSPS) is 23.8. The molecular formula is C42H42ClF3N6O7. The van der Waals surface area contributed by atoms with E-state index in [1.165, 1.54) is 0 Å². The van der Waals surface area contributed by atoms with Crippen molar-refractivity contribution in [2.45, 2.75) is 55.8 Å². The molecule has 2 fully saturated rings. The van der Waals surface area contributed by atoms with Crippen molar-refractivity contribution in [1.82, 2.24) is 30.4 Å². The third-order valence-corrected chi connectivity index (χ3v) is 11.4. The number of para-hydroxylation sites is 1. The summed E-state index contributed by atoms with van der Waals surface area (Å²) in [5.41, 5.74) is 0.870. The van der Waals surface area contributed by atoms with Crippen LogP contribution in [0.4, 0.5) is 13.2 Å². The highest BCUT2D eigenvalue weighted by Crippen LogP contribution is 2.62. The van der Waals surface area contributed by atoms with Crippen LogP contribution in [0, 0.1) is 5.41 Å². The molecule has 3 aliphatic rings. The average Bonchev–Trinajstić information content (AvgIpc) is 3.50. The lowest BCUT2D eigenvalue weighted by Crippen LogP contribution is -2.60. The molecular weight excluding hydrogens is 793 g/mol. The fourth-order valence-electron chi connectivity index (χ4n) is 8.10. The number of hydrogen-bond donors (Lipinski definition) is 4. The van der Waals surface area contributed by atoms with Gasteiger partial charge in [0.1, 0.15) is 42.6 Å². The number of aromatic nitrogens is 2. The minimum atomic E-state index is -4.63. The van der Waals surface area contributed by atoms with Crippen molar-refractivity contribution in [3.05, 3.63) is 114 Å². The number of furan rings is 1. The van der Waals surface area contributed by atoms with Crippen LogP contribution in [0.5, 0.6) is 5.75 Å². The minimum absolute atomic E-state index is 0.0393. The van der Waals surface area contributed by atoms with Gasteiger partial charge in [-0.15, -0.1) is 0 Å². The monoisotopic (exact) mass is 834 g/mol. The Bertz CT molecular complexity index is 2260. The molecule has 5 aromatic rings. The van der Waals surface area contributed by atoms with Crippen LogP contribution in [0.15, 0.2) is 100 Å². The number of carbonyl (C=O) groups is 2. The van der Waals surface area contributed by atoms with E-state index in [9.17, 15) is 33.0 Å². The van der Waals surface area contributed by atoms with Gasteiger partial charge in [-0.05, 0) is 67.4 Å². The van der Waals surface area contributed by atoms with Crippen LogP contribution in [-0.4, -0.2) is 106 Å². The second-order valence-corrected chi connectivity index (χ2v) is 15.7. The Morgan fingerprint density at radius 3 is 2.58 bits per heavy atom. The first kappa shape index (κ1) is 40.5. The largest absolute Gasteiger partial charge is 0.490 e. The van der Waals surface area contributed by atoms with Gasteiger partial charge in [-0.3, -0.25) is 24.4 Å². The van der Waals surface area contributed by atoms with E-state index in [-0.39, 0.29) is 51.5 Å². The molecule has 17 heteroatoms. The van der Waals surface area contributed by atoms with E-state index in [4.69, 9.17) is 25.2 Å². The number of oxazole rings is 1. The van der Waals surface area contributed by atoms with Gasteiger partial charge >= 0.3 is 6.18 Å². The van der Waals surface area contributed by atoms with Crippen molar-refractivity contribution in [1.29, 1.82) is 0 Å². The van der Waals surface area contributed by atoms with Crippen molar-refractivity contribution in [3.8, 4) is 28.4 Å². The van der Waals surface area contributed by atoms with E-state index in [1.807, 2.05) is 34.5 Å². The zero-order chi connectivity index (χ0) is 41.3. The molecule has 8 rings (SSSR count). The number of nitrogens with one attached hydrogen (secondary N) is 2. The van der Waals surface area contributed by atoms with E-state index in [0.29, 0.717) is 45.7 Å². The molecule has 1 saturated carbocycles. The van der Waals surface area contributed by atoms with Crippen molar-refractivity contribution in [2.75, 3.05) is 39.3 Å². The first-order valence-electron chi connectivity index (χ1n) is 19.3. The highest BCUT2D eigenvalue weighted by atomic mass is 35.5. The predicted molar refractivity (Wildman–Crippen MR) is 208 cm³/mol. The number of nitrogens with zero attached hydrogens (tertiary/aromatic N) is 4. The molecule has 4 N–H and O–H groups in total. The Labute approximate surface area is 342 Å². The number of piperazine rings is 1. The Balaban J connectivity index is 1.00. The van der Waals surface area contributed by atoms with Crippen molar-refractivity contribution in [2.24, 2.45) is 5.41 Å². The Morgan fingerprint density at radius 1 is 0.983 bits per heavy atom. The average molecular weight is 835 g/mol. The van der Waals surface area contributed by atoms with E-state index < -0.39 is 60.2 Å².